The smallest absolute Gasteiger partial charge is 0.253 e. The van der Waals surface area contributed by atoms with E-state index in [-0.39, 0.29) is 11.8 Å². The summed E-state index contributed by atoms with van der Waals surface area (Å²) in [6, 6.07) is 9.93. The van der Waals surface area contributed by atoms with Crippen LogP contribution in [-0.4, -0.2) is 48.9 Å². The summed E-state index contributed by atoms with van der Waals surface area (Å²) in [5, 5.41) is 11.4. The van der Waals surface area contributed by atoms with Gasteiger partial charge in [-0.3, -0.25) is 14.6 Å². The van der Waals surface area contributed by atoms with Crippen molar-refractivity contribution in [3.63, 3.8) is 0 Å². The van der Waals surface area contributed by atoms with E-state index < -0.39 is 0 Å². The molecule has 3 heterocycles. The van der Waals surface area contributed by atoms with E-state index in [0.717, 1.165) is 47.7 Å². The van der Waals surface area contributed by atoms with Gasteiger partial charge in [-0.05, 0) is 50.5 Å². The highest BCUT2D eigenvalue weighted by Gasteiger charge is 2.27. The van der Waals surface area contributed by atoms with Crippen LogP contribution in [0.5, 0.6) is 0 Å². The Morgan fingerprint density at radius 2 is 2.19 bits per heavy atom. The highest BCUT2D eigenvalue weighted by molar-refractivity contribution is 5.94. The predicted octanol–water partition coefficient (Wildman–Crippen LogP) is 2.69. The molecule has 140 valence electrons. The molecule has 1 N–H and O–H groups in total. The first-order chi connectivity index (χ1) is 13.1. The van der Waals surface area contributed by atoms with Crippen LogP contribution in [0.4, 0.5) is 0 Å². The number of aromatic amines is 1. The van der Waals surface area contributed by atoms with Gasteiger partial charge in [-0.1, -0.05) is 12.1 Å². The summed E-state index contributed by atoms with van der Waals surface area (Å²) in [5.41, 5.74) is 3.93. The minimum absolute atomic E-state index is 0.0782. The maximum atomic E-state index is 13.0. The first-order valence-corrected chi connectivity index (χ1v) is 9.34. The number of hydrogen-bond donors (Lipinski definition) is 1. The van der Waals surface area contributed by atoms with Crippen molar-refractivity contribution in [1.29, 1.82) is 0 Å². The number of carbonyl (C=O) groups is 1. The number of aryl methyl sites for hydroxylation is 2. The lowest BCUT2D eigenvalue weighted by atomic mass is 9.96. The second-order valence-electron chi connectivity index (χ2n) is 7.25. The third kappa shape index (κ3) is 3.77. The van der Waals surface area contributed by atoms with Crippen molar-refractivity contribution in [2.45, 2.75) is 39.2 Å². The standard InChI is InChI=1S/C20H24N6O/c1-14-9-15(2)26(24-14)11-16-5-3-6-17(10-16)20(27)25-8-4-7-18(12-25)19-21-13-22-23-19/h3,5-6,9-10,13,18H,4,7-8,11-12H2,1-2H3,(H,21,22,23)/t18-/m0/s1. The lowest BCUT2D eigenvalue weighted by Crippen LogP contribution is -2.39. The van der Waals surface area contributed by atoms with Gasteiger partial charge < -0.3 is 4.90 Å². The first kappa shape index (κ1) is 17.5. The van der Waals surface area contributed by atoms with Crippen LogP contribution >= 0.6 is 0 Å². The van der Waals surface area contributed by atoms with Gasteiger partial charge in [0.05, 0.1) is 12.2 Å². The quantitative estimate of drug-likeness (QED) is 0.772. The number of nitrogens with zero attached hydrogens (tertiary/aromatic N) is 5. The number of piperidine rings is 1. The molecule has 1 saturated heterocycles. The lowest BCUT2D eigenvalue weighted by molar-refractivity contribution is 0.0704. The van der Waals surface area contributed by atoms with Crippen molar-refractivity contribution in [2.24, 2.45) is 0 Å². The number of benzene rings is 1. The van der Waals surface area contributed by atoms with Gasteiger partial charge >= 0.3 is 0 Å². The molecule has 2 aromatic heterocycles. The molecular formula is C20H24N6O. The van der Waals surface area contributed by atoms with E-state index in [1.165, 1.54) is 6.33 Å². The number of likely N-dealkylation sites (tertiary alicyclic amines) is 1. The van der Waals surface area contributed by atoms with Gasteiger partial charge in [-0.2, -0.15) is 10.2 Å². The van der Waals surface area contributed by atoms with Crippen LogP contribution in [0.15, 0.2) is 36.7 Å². The Bertz CT molecular complexity index is 930. The summed E-state index contributed by atoms with van der Waals surface area (Å²) in [7, 11) is 0. The molecule has 1 aliphatic rings. The minimum Gasteiger partial charge on any atom is -0.338 e. The Morgan fingerprint density at radius 1 is 1.30 bits per heavy atom. The molecule has 1 atom stereocenters. The SMILES string of the molecule is Cc1cc(C)n(Cc2cccc(C(=O)N3CCC[C@H](c4ncn[nH]4)C3)c2)n1. The molecule has 7 heteroatoms. The Kier molecular flexibility index (Phi) is 4.75. The van der Waals surface area contributed by atoms with Crippen LogP contribution in [0.1, 0.15) is 51.9 Å². The number of nitrogens with one attached hydrogen (secondary N) is 1. The highest BCUT2D eigenvalue weighted by Crippen LogP contribution is 2.25. The van der Waals surface area contributed by atoms with E-state index >= 15 is 0 Å². The van der Waals surface area contributed by atoms with Gasteiger partial charge in [-0.15, -0.1) is 0 Å². The number of aromatic nitrogens is 5. The van der Waals surface area contributed by atoms with Crippen LogP contribution in [0.2, 0.25) is 0 Å². The lowest BCUT2D eigenvalue weighted by Gasteiger charge is -2.31. The van der Waals surface area contributed by atoms with Crippen molar-refractivity contribution in [3.05, 3.63) is 65.0 Å². The Labute approximate surface area is 158 Å². The minimum atomic E-state index is 0.0782. The van der Waals surface area contributed by atoms with E-state index in [1.54, 1.807) is 0 Å². The molecule has 1 fully saturated rings. The zero-order valence-corrected chi connectivity index (χ0v) is 15.7. The first-order valence-electron chi connectivity index (χ1n) is 9.34. The maximum Gasteiger partial charge on any atom is 0.253 e. The van der Waals surface area contributed by atoms with Crippen molar-refractivity contribution in [3.8, 4) is 0 Å². The van der Waals surface area contributed by atoms with Gasteiger partial charge in [0.15, 0.2) is 0 Å². The van der Waals surface area contributed by atoms with Crippen molar-refractivity contribution < 1.29 is 4.79 Å². The van der Waals surface area contributed by atoms with Crippen LogP contribution in [-0.2, 0) is 6.54 Å². The van der Waals surface area contributed by atoms with Crippen molar-refractivity contribution >= 4 is 5.91 Å². The topological polar surface area (TPSA) is 79.7 Å². The highest BCUT2D eigenvalue weighted by atomic mass is 16.2. The summed E-state index contributed by atoms with van der Waals surface area (Å²) in [6.07, 6.45) is 3.53. The molecular weight excluding hydrogens is 340 g/mol. The summed E-state index contributed by atoms with van der Waals surface area (Å²) in [4.78, 5) is 19.2. The maximum absolute atomic E-state index is 13.0. The molecule has 0 bridgehead atoms. The van der Waals surface area contributed by atoms with Crippen LogP contribution in [0, 0.1) is 13.8 Å². The Morgan fingerprint density at radius 3 is 2.93 bits per heavy atom. The molecule has 7 nitrogen and oxygen atoms in total. The van der Waals surface area contributed by atoms with Crippen LogP contribution in [0.25, 0.3) is 0 Å². The zero-order chi connectivity index (χ0) is 18.8. The van der Waals surface area contributed by atoms with Gasteiger partial charge in [0.1, 0.15) is 12.2 Å². The second-order valence-corrected chi connectivity index (χ2v) is 7.25. The summed E-state index contributed by atoms with van der Waals surface area (Å²) < 4.78 is 1.97. The molecule has 0 aliphatic carbocycles. The average molecular weight is 364 g/mol. The number of H-pyrrole nitrogens is 1. The molecule has 3 aromatic rings. The number of carbonyl (C=O) groups excluding carboxylic acids is 1. The number of amides is 1. The third-order valence-corrected chi connectivity index (χ3v) is 5.14. The molecule has 4 rings (SSSR count). The summed E-state index contributed by atoms with van der Waals surface area (Å²) >= 11 is 0. The number of hydrogen-bond acceptors (Lipinski definition) is 4. The molecule has 1 aliphatic heterocycles. The second kappa shape index (κ2) is 7.34. The van der Waals surface area contributed by atoms with Gasteiger partial charge in [0.25, 0.3) is 5.91 Å². The van der Waals surface area contributed by atoms with Crippen LogP contribution in [0.3, 0.4) is 0 Å². The molecule has 1 aromatic carbocycles. The average Bonchev–Trinajstić information content (AvgIpc) is 3.32. The molecule has 1 amide bonds. The van der Waals surface area contributed by atoms with E-state index in [4.69, 9.17) is 0 Å². The van der Waals surface area contributed by atoms with Crippen molar-refractivity contribution in [1.82, 2.24) is 29.9 Å². The largest absolute Gasteiger partial charge is 0.338 e. The molecule has 27 heavy (non-hydrogen) atoms. The monoisotopic (exact) mass is 364 g/mol. The van der Waals surface area contributed by atoms with Crippen LogP contribution < -0.4 is 0 Å². The van der Waals surface area contributed by atoms with Gasteiger partial charge in [-0.25, -0.2) is 4.98 Å². The zero-order valence-electron chi connectivity index (χ0n) is 15.7. The number of rotatable bonds is 4. The normalized spacial score (nSPS) is 17.3. The van der Waals surface area contributed by atoms with Gasteiger partial charge in [0.2, 0.25) is 0 Å². The Balaban J connectivity index is 1.49. The predicted molar refractivity (Wildman–Crippen MR) is 102 cm³/mol. The molecule has 0 radical (unpaired) electrons. The van der Waals surface area contributed by atoms with E-state index in [9.17, 15) is 4.79 Å². The molecule has 0 spiro atoms. The van der Waals surface area contributed by atoms with Crippen molar-refractivity contribution in [2.75, 3.05) is 13.1 Å². The van der Waals surface area contributed by atoms with E-state index in [0.29, 0.717) is 13.1 Å². The van der Waals surface area contributed by atoms with Gasteiger partial charge in [0, 0.05) is 30.3 Å². The fraction of sp³-hybridized carbons (Fsp3) is 0.400. The third-order valence-electron chi connectivity index (χ3n) is 5.14. The fourth-order valence-electron chi connectivity index (χ4n) is 3.79. The Hall–Kier alpha value is -2.96. The molecule has 0 saturated carbocycles. The fourth-order valence-corrected chi connectivity index (χ4v) is 3.79. The van der Waals surface area contributed by atoms with E-state index in [1.807, 2.05) is 47.7 Å². The summed E-state index contributed by atoms with van der Waals surface area (Å²) in [6.45, 7) is 6.17. The van der Waals surface area contributed by atoms with E-state index in [2.05, 4.69) is 26.3 Å². The molecule has 0 unspecified atom stereocenters. The summed E-state index contributed by atoms with van der Waals surface area (Å²) in [5.74, 6) is 1.17.